The minimum Gasteiger partial charge on any atom is -0.475 e. The molecule has 0 amide bonds. The number of alkyl halides is 4. The molecule has 1 heterocycles. The van der Waals surface area contributed by atoms with Crippen LogP contribution >= 0.6 is 15.9 Å². The van der Waals surface area contributed by atoms with Gasteiger partial charge in [0.05, 0.1) is 5.56 Å². The summed E-state index contributed by atoms with van der Waals surface area (Å²) >= 11 is 3.21. The average Bonchev–Trinajstić information content (AvgIpc) is 3.13. The largest absolute Gasteiger partial charge is 0.490 e. The summed E-state index contributed by atoms with van der Waals surface area (Å²) in [5.41, 5.74) is 1.37. The Morgan fingerprint density at radius 1 is 1.15 bits per heavy atom. The highest BCUT2D eigenvalue weighted by atomic mass is 79.9. The lowest BCUT2D eigenvalue weighted by atomic mass is 10.1. The maximum absolute atomic E-state index is 11.6. The van der Waals surface area contributed by atoms with Gasteiger partial charge >= 0.3 is 18.1 Å². The van der Waals surface area contributed by atoms with E-state index in [0.717, 1.165) is 31.5 Å². The third-order valence-electron chi connectivity index (χ3n) is 3.37. The number of carboxylic acid groups (broad SMARTS) is 1. The first-order valence-electron chi connectivity index (χ1n) is 7.64. The van der Waals surface area contributed by atoms with Crippen LogP contribution in [-0.2, 0) is 9.53 Å². The zero-order valence-corrected chi connectivity index (χ0v) is 15.3. The number of carboxylic acids is 1. The maximum Gasteiger partial charge on any atom is 0.490 e. The quantitative estimate of drug-likeness (QED) is 0.325. The fourth-order valence-corrected chi connectivity index (χ4v) is 2.26. The van der Waals surface area contributed by atoms with Crippen LogP contribution in [-0.4, -0.2) is 59.0 Å². The molecule has 0 saturated carbocycles. The second-order valence-electron chi connectivity index (χ2n) is 5.25. The van der Waals surface area contributed by atoms with Crippen molar-refractivity contribution in [3.63, 3.8) is 0 Å². The van der Waals surface area contributed by atoms with Crippen molar-refractivity contribution in [1.29, 1.82) is 5.41 Å². The molecule has 1 fully saturated rings. The van der Waals surface area contributed by atoms with Crippen molar-refractivity contribution in [2.45, 2.75) is 19.0 Å². The topological polar surface area (TPSA) is 90.7 Å². The maximum atomic E-state index is 11.6. The molecule has 6 nitrogen and oxygen atoms in total. The number of nitrogens with one attached hydrogen (secondary N) is 1. The molecule has 0 atom stereocenters. The molecule has 144 valence electrons. The summed E-state index contributed by atoms with van der Waals surface area (Å²) in [4.78, 5) is 22.6. The fourth-order valence-electron chi connectivity index (χ4n) is 2.10. The molecule has 0 aliphatic carbocycles. The van der Waals surface area contributed by atoms with Gasteiger partial charge in [-0.25, -0.2) is 9.59 Å². The molecule has 2 rings (SSSR count). The smallest absolute Gasteiger partial charge is 0.475 e. The molecule has 1 aromatic rings. The second-order valence-corrected chi connectivity index (χ2v) is 6.04. The van der Waals surface area contributed by atoms with Crippen molar-refractivity contribution in [2.24, 2.45) is 0 Å². The Kier molecular flexibility index (Phi) is 8.56. The van der Waals surface area contributed by atoms with Crippen LogP contribution < -0.4 is 0 Å². The van der Waals surface area contributed by atoms with Crippen LogP contribution in [0.25, 0.3) is 0 Å². The molecule has 0 spiro atoms. The number of benzene rings is 1. The standard InChI is InChI=1S/C14H17BrN2O2.C2HF3O2/c15-7-10-19-14(18)12-5-3-11(4-6-12)13(16)17-8-1-2-9-17;3-2(4,5)1(6)7/h3-6,16H,1-2,7-10H2;(H,6,7). The summed E-state index contributed by atoms with van der Waals surface area (Å²) in [6.45, 7) is 2.27. The van der Waals surface area contributed by atoms with Gasteiger partial charge in [0.2, 0.25) is 0 Å². The first-order valence-corrected chi connectivity index (χ1v) is 8.76. The van der Waals surface area contributed by atoms with Gasteiger partial charge in [0.25, 0.3) is 0 Å². The minimum absolute atomic E-state index is 0.321. The number of nitrogens with zero attached hydrogens (tertiary/aromatic N) is 1. The Morgan fingerprint density at radius 2 is 1.62 bits per heavy atom. The van der Waals surface area contributed by atoms with Gasteiger partial charge < -0.3 is 14.7 Å². The number of hydrogen-bond donors (Lipinski definition) is 2. The van der Waals surface area contributed by atoms with Gasteiger partial charge in [0.1, 0.15) is 12.4 Å². The highest BCUT2D eigenvalue weighted by Crippen LogP contribution is 2.14. The molecule has 0 radical (unpaired) electrons. The van der Waals surface area contributed by atoms with Gasteiger partial charge in [0, 0.05) is 24.0 Å². The van der Waals surface area contributed by atoms with Crippen molar-refractivity contribution in [1.82, 2.24) is 4.90 Å². The number of hydrogen-bond acceptors (Lipinski definition) is 4. The molecule has 0 unspecified atom stereocenters. The van der Waals surface area contributed by atoms with Crippen LogP contribution in [0.5, 0.6) is 0 Å². The second kappa shape index (κ2) is 10.1. The first-order chi connectivity index (χ1) is 12.2. The van der Waals surface area contributed by atoms with Crippen molar-refractivity contribution in [3.05, 3.63) is 35.4 Å². The number of carbonyl (C=O) groups is 2. The molecule has 26 heavy (non-hydrogen) atoms. The third-order valence-corrected chi connectivity index (χ3v) is 3.69. The zero-order valence-electron chi connectivity index (χ0n) is 13.7. The van der Waals surface area contributed by atoms with Crippen molar-refractivity contribution < 1.29 is 32.6 Å². The van der Waals surface area contributed by atoms with E-state index in [1.807, 2.05) is 12.1 Å². The molecule has 0 aromatic heterocycles. The van der Waals surface area contributed by atoms with Crippen LogP contribution in [0.4, 0.5) is 13.2 Å². The molecular weight excluding hydrogens is 421 g/mol. The van der Waals surface area contributed by atoms with Gasteiger partial charge in [0.15, 0.2) is 0 Å². The Labute approximate surface area is 156 Å². The van der Waals surface area contributed by atoms with Crippen LogP contribution in [0.1, 0.15) is 28.8 Å². The third kappa shape index (κ3) is 7.03. The number of halogens is 4. The van der Waals surface area contributed by atoms with Crippen LogP contribution in [0.2, 0.25) is 0 Å². The number of ether oxygens (including phenoxy) is 1. The number of carbonyl (C=O) groups excluding carboxylic acids is 1. The van der Waals surface area contributed by atoms with E-state index >= 15 is 0 Å². The van der Waals surface area contributed by atoms with Gasteiger partial charge in [-0.1, -0.05) is 28.1 Å². The predicted molar refractivity (Wildman–Crippen MR) is 91.8 cm³/mol. The van der Waals surface area contributed by atoms with Crippen LogP contribution in [0.3, 0.4) is 0 Å². The molecule has 1 aliphatic heterocycles. The molecule has 1 saturated heterocycles. The zero-order chi connectivity index (χ0) is 19.7. The normalized spacial score (nSPS) is 13.6. The van der Waals surface area contributed by atoms with Crippen LogP contribution in [0, 0.1) is 5.41 Å². The average molecular weight is 439 g/mol. The van der Waals surface area contributed by atoms with E-state index in [0.29, 0.717) is 23.3 Å². The van der Waals surface area contributed by atoms with Gasteiger partial charge in [-0.15, -0.1) is 0 Å². The van der Waals surface area contributed by atoms with E-state index in [1.54, 1.807) is 12.1 Å². The molecule has 1 aromatic carbocycles. The molecule has 10 heteroatoms. The number of likely N-dealkylation sites (tertiary alicyclic amines) is 1. The molecule has 0 bridgehead atoms. The SMILES string of the molecule is N=C(c1ccc(C(=O)OCCBr)cc1)N1CCCC1.O=C(O)C(F)(F)F. The fraction of sp³-hybridized carbons (Fsp3) is 0.438. The van der Waals surface area contributed by atoms with Gasteiger partial charge in [-0.3, -0.25) is 5.41 Å². The summed E-state index contributed by atoms with van der Waals surface area (Å²) < 4.78 is 36.8. The number of amidine groups is 1. The van der Waals surface area contributed by atoms with Gasteiger partial charge in [-0.05, 0) is 25.0 Å². The highest BCUT2D eigenvalue weighted by molar-refractivity contribution is 9.09. The number of esters is 1. The Bertz CT molecular complexity index is 629. The summed E-state index contributed by atoms with van der Waals surface area (Å²) in [6, 6.07) is 7.06. The molecular formula is C16H18BrF3N2O4. The van der Waals surface area contributed by atoms with E-state index in [2.05, 4.69) is 20.8 Å². The predicted octanol–water partition coefficient (Wildman–Crippen LogP) is 3.29. The Balaban J connectivity index is 0.000000412. The molecule has 1 aliphatic rings. The lowest BCUT2D eigenvalue weighted by Crippen LogP contribution is -2.27. The minimum atomic E-state index is -5.08. The van der Waals surface area contributed by atoms with E-state index in [9.17, 15) is 18.0 Å². The van der Waals surface area contributed by atoms with Crippen molar-refractivity contribution in [2.75, 3.05) is 25.0 Å². The van der Waals surface area contributed by atoms with Crippen LogP contribution in [0.15, 0.2) is 24.3 Å². The Morgan fingerprint density at radius 3 is 2.04 bits per heavy atom. The highest BCUT2D eigenvalue weighted by Gasteiger charge is 2.38. The van der Waals surface area contributed by atoms with E-state index in [1.165, 1.54) is 0 Å². The molecule has 2 N–H and O–H groups in total. The van der Waals surface area contributed by atoms with E-state index in [4.69, 9.17) is 20.0 Å². The lowest BCUT2D eigenvalue weighted by Gasteiger charge is -2.18. The van der Waals surface area contributed by atoms with Crippen molar-refractivity contribution >= 4 is 33.7 Å². The Hall–Kier alpha value is -2.10. The van der Waals surface area contributed by atoms with Gasteiger partial charge in [-0.2, -0.15) is 13.2 Å². The van der Waals surface area contributed by atoms with Crippen molar-refractivity contribution in [3.8, 4) is 0 Å². The summed E-state index contributed by atoms with van der Waals surface area (Å²) in [6.07, 6.45) is -2.78. The number of aliphatic carboxylic acids is 1. The summed E-state index contributed by atoms with van der Waals surface area (Å²) in [5.74, 6) is -2.54. The number of rotatable bonds is 4. The van der Waals surface area contributed by atoms with E-state index < -0.39 is 12.1 Å². The first kappa shape index (κ1) is 21.9. The van der Waals surface area contributed by atoms with E-state index in [-0.39, 0.29) is 5.97 Å². The lowest BCUT2D eigenvalue weighted by molar-refractivity contribution is -0.192. The monoisotopic (exact) mass is 438 g/mol. The summed E-state index contributed by atoms with van der Waals surface area (Å²) in [5, 5.41) is 15.9. The summed E-state index contributed by atoms with van der Waals surface area (Å²) in [7, 11) is 0.